The van der Waals surface area contributed by atoms with Gasteiger partial charge in [-0.3, -0.25) is 23.6 Å². The number of carbonyl (C=O) groups excluding carboxylic acids is 1. The Kier molecular flexibility index (Phi) is 6.11. The lowest BCUT2D eigenvalue weighted by molar-refractivity contribution is -0.121. The lowest BCUT2D eigenvalue weighted by Gasteiger charge is -2.26. The highest BCUT2D eigenvalue weighted by Crippen LogP contribution is 2.13. The van der Waals surface area contributed by atoms with Crippen LogP contribution < -0.4 is 16.6 Å². The first kappa shape index (κ1) is 19.4. The molecular weight excluding hydrogens is 344 g/mol. The predicted octanol–water partition coefficient (Wildman–Crippen LogP) is 1.17. The highest BCUT2D eigenvalue weighted by molar-refractivity contribution is 5.81. The monoisotopic (exact) mass is 372 g/mol. The largest absolute Gasteiger partial charge is 0.353 e. The summed E-state index contributed by atoms with van der Waals surface area (Å²) in [5, 5.41) is 3.43. The normalized spacial score (nSPS) is 15.9. The minimum atomic E-state index is -0.442. The lowest BCUT2D eigenvalue weighted by atomic mass is 10.2. The molecule has 1 amide bonds. The molecule has 1 aliphatic rings. The zero-order chi connectivity index (χ0) is 19.4. The van der Waals surface area contributed by atoms with Crippen molar-refractivity contribution in [2.45, 2.75) is 52.2 Å². The molecule has 1 saturated heterocycles. The summed E-state index contributed by atoms with van der Waals surface area (Å²) in [4.78, 5) is 40.1. The number of carbonyl (C=O) groups is 1. The van der Waals surface area contributed by atoms with Crippen molar-refractivity contribution in [3.05, 3.63) is 45.1 Å². The van der Waals surface area contributed by atoms with Crippen LogP contribution in [0.4, 0.5) is 0 Å². The quantitative estimate of drug-likeness (QED) is 0.792. The van der Waals surface area contributed by atoms with Gasteiger partial charge in [-0.2, -0.15) is 0 Å². The van der Waals surface area contributed by atoms with Gasteiger partial charge in [-0.05, 0) is 51.4 Å². The maximum atomic E-state index is 12.7. The molecule has 0 bridgehead atoms. The maximum absolute atomic E-state index is 12.7. The summed E-state index contributed by atoms with van der Waals surface area (Å²) < 4.78 is 2.57. The van der Waals surface area contributed by atoms with Gasteiger partial charge in [-0.15, -0.1) is 0 Å². The van der Waals surface area contributed by atoms with Crippen LogP contribution in [0.3, 0.4) is 0 Å². The van der Waals surface area contributed by atoms with E-state index in [1.807, 2.05) is 0 Å². The fraction of sp³-hybridized carbons (Fsp3) is 0.550. The molecule has 0 aliphatic carbocycles. The Morgan fingerprint density at radius 3 is 2.48 bits per heavy atom. The van der Waals surface area contributed by atoms with Gasteiger partial charge < -0.3 is 5.32 Å². The molecule has 1 aromatic heterocycles. The molecule has 1 unspecified atom stereocenters. The van der Waals surface area contributed by atoms with E-state index in [4.69, 9.17) is 0 Å². The SMILES string of the molecule is CCC(CNC(=O)Cn1c(=O)n(CC)c(=O)c2ccccc21)N1CCCC1. The molecule has 27 heavy (non-hydrogen) atoms. The number of amides is 1. The number of nitrogens with one attached hydrogen (secondary N) is 1. The van der Waals surface area contributed by atoms with Crippen molar-refractivity contribution in [3.63, 3.8) is 0 Å². The highest BCUT2D eigenvalue weighted by atomic mass is 16.2. The fourth-order valence-electron chi connectivity index (χ4n) is 3.87. The molecule has 7 heteroatoms. The number of fused-ring (bicyclic) bond motifs is 1. The van der Waals surface area contributed by atoms with E-state index >= 15 is 0 Å². The van der Waals surface area contributed by atoms with Crippen LogP contribution in [0.25, 0.3) is 10.9 Å². The average molecular weight is 372 g/mol. The van der Waals surface area contributed by atoms with Crippen molar-refractivity contribution in [2.75, 3.05) is 19.6 Å². The molecule has 1 aliphatic heterocycles. The molecule has 0 radical (unpaired) electrons. The molecule has 2 aromatic rings. The van der Waals surface area contributed by atoms with Crippen molar-refractivity contribution < 1.29 is 4.79 Å². The molecule has 146 valence electrons. The van der Waals surface area contributed by atoms with Gasteiger partial charge in [-0.1, -0.05) is 19.1 Å². The number of hydrogen-bond acceptors (Lipinski definition) is 4. The van der Waals surface area contributed by atoms with Crippen molar-refractivity contribution in [2.24, 2.45) is 0 Å². The van der Waals surface area contributed by atoms with Crippen molar-refractivity contribution in [3.8, 4) is 0 Å². The summed E-state index contributed by atoms with van der Waals surface area (Å²) in [6.45, 7) is 6.82. The third-order valence-electron chi connectivity index (χ3n) is 5.41. The van der Waals surface area contributed by atoms with E-state index in [1.54, 1.807) is 31.2 Å². The van der Waals surface area contributed by atoms with Gasteiger partial charge in [0.1, 0.15) is 6.54 Å². The van der Waals surface area contributed by atoms with E-state index in [1.165, 1.54) is 22.0 Å². The Balaban J connectivity index is 1.80. The van der Waals surface area contributed by atoms with Gasteiger partial charge >= 0.3 is 5.69 Å². The first-order valence-corrected chi connectivity index (χ1v) is 9.80. The number of hydrogen-bond donors (Lipinski definition) is 1. The molecule has 1 N–H and O–H groups in total. The van der Waals surface area contributed by atoms with Crippen LogP contribution in [0.5, 0.6) is 0 Å². The fourth-order valence-corrected chi connectivity index (χ4v) is 3.87. The molecule has 3 rings (SSSR count). The Morgan fingerprint density at radius 2 is 1.81 bits per heavy atom. The van der Waals surface area contributed by atoms with Crippen LogP contribution in [-0.4, -0.2) is 45.6 Å². The van der Waals surface area contributed by atoms with E-state index in [0.717, 1.165) is 19.5 Å². The summed E-state index contributed by atoms with van der Waals surface area (Å²) in [7, 11) is 0. The second-order valence-electron chi connectivity index (χ2n) is 7.04. The van der Waals surface area contributed by atoms with Gasteiger partial charge in [0.05, 0.1) is 10.9 Å². The third-order valence-corrected chi connectivity index (χ3v) is 5.41. The Morgan fingerprint density at radius 1 is 1.11 bits per heavy atom. The minimum absolute atomic E-state index is 0.0872. The Hall–Kier alpha value is -2.41. The van der Waals surface area contributed by atoms with Gasteiger partial charge in [0.15, 0.2) is 0 Å². The van der Waals surface area contributed by atoms with Crippen LogP contribution in [0, 0.1) is 0 Å². The first-order valence-electron chi connectivity index (χ1n) is 9.80. The average Bonchev–Trinajstić information content (AvgIpc) is 3.21. The van der Waals surface area contributed by atoms with Crippen molar-refractivity contribution >= 4 is 16.8 Å². The molecule has 1 fully saturated rings. The second kappa shape index (κ2) is 8.52. The number of rotatable bonds is 7. The smallest absolute Gasteiger partial charge is 0.331 e. The van der Waals surface area contributed by atoms with Crippen LogP contribution in [0.2, 0.25) is 0 Å². The van der Waals surface area contributed by atoms with Crippen LogP contribution >= 0.6 is 0 Å². The number of para-hydroxylation sites is 1. The standard InChI is InChI=1S/C20H28N4O3/c1-3-15(22-11-7-8-12-22)13-21-18(25)14-24-17-10-6-5-9-16(17)19(26)23(4-2)20(24)27/h5-6,9-10,15H,3-4,7-8,11-14H2,1-2H3,(H,21,25). The van der Waals surface area contributed by atoms with Crippen molar-refractivity contribution in [1.82, 2.24) is 19.4 Å². The van der Waals surface area contributed by atoms with Crippen LogP contribution in [-0.2, 0) is 17.9 Å². The van der Waals surface area contributed by atoms with Gasteiger partial charge in [0.2, 0.25) is 5.91 Å². The molecular formula is C20H28N4O3. The third kappa shape index (κ3) is 3.98. The van der Waals surface area contributed by atoms with Crippen LogP contribution in [0.15, 0.2) is 33.9 Å². The molecule has 0 saturated carbocycles. The summed E-state index contributed by atoms with van der Waals surface area (Å²) in [5.41, 5.74) is -0.253. The lowest BCUT2D eigenvalue weighted by Crippen LogP contribution is -2.45. The molecule has 0 spiro atoms. The molecule has 1 aromatic carbocycles. The topological polar surface area (TPSA) is 76.3 Å². The van der Waals surface area contributed by atoms with Gasteiger partial charge in [0.25, 0.3) is 5.56 Å². The van der Waals surface area contributed by atoms with Gasteiger partial charge in [-0.25, -0.2) is 4.79 Å². The van der Waals surface area contributed by atoms with E-state index < -0.39 is 5.69 Å². The van der Waals surface area contributed by atoms with E-state index in [2.05, 4.69) is 17.1 Å². The predicted molar refractivity (Wildman–Crippen MR) is 106 cm³/mol. The Labute approximate surface area is 158 Å². The number of likely N-dealkylation sites (tertiary alicyclic amines) is 1. The van der Waals surface area contributed by atoms with E-state index in [0.29, 0.717) is 23.5 Å². The summed E-state index contributed by atoms with van der Waals surface area (Å²) >= 11 is 0. The number of nitrogens with zero attached hydrogens (tertiary/aromatic N) is 3. The number of benzene rings is 1. The second-order valence-corrected chi connectivity index (χ2v) is 7.04. The highest BCUT2D eigenvalue weighted by Gasteiger charge is 2.21. The summed E-state index contributed by atoms with van der Waals surface area (Å²) in [5.74, 6) is -0.207. The molecule has 2 heterocycles. The first-order chi connectivity index (χ1) is 13.1. The Bertz CT molecular complexity index is 925. The summed E-state index contributed by atoms with van der Waals surface area (Å²) in [6, 6.07) is 7.27. The van der Waals surface area contributed by atoms with Crippen LogP contribution in [0.1, 0.15) is 33.1 Å². The number of aromatic nitrogens is 2. The van der Waals surface area contributed by atoms with Gasteiger partial charge in [0, 0.05) is 19.1 Å². The molecule has 7 nitrogen and oxygen atoms in total. The molecule has 1 atom stereocenters. The van der Waals surface area contributed by atoms with Crippen molar-refractivity contribution in [1.29, 1.82) is 0 Å². The van der Waals surface area contributed by atoms with E-state index in [-0.39, 0.29) is 24.6 Å². The minimum Gasteiger partial charge on any atom is -0.353 e. The zero-order valence-corrected chi connectivity index (χ0v) is 16.1. The van der Waals surface area contributed by atoms with E-state index in [9.17, 15) is 14.4 Å². The maximum Gasteiger partial charge on any atom is 0.331 e. The zero-order valence-electron chi connectivity index (χ0n) is 16.1. The summed E-state index contributed by atoms with van der Waals surface area (Å²) in [6.07, 6.45) is 3.40.